The van der Waals surface area contributed by atoms with E-state index in [1.807, 2.05) is 18.2 Å². The lowest BCUT2D eigenvalue weighted by molar-refractivity contribution is 0.322. The van der Waals surface area contributed by atoms with Crippen molar-refractivity contribution in [3.05, 3.63) is 33.8 Å². The van der Waals surface area contributed by atoms with Crippen LogP contribution in [-0.4, -0.2) is 12.2 Å². The van der Waals surface area contributed by atoms with Crippen molar-refractivity contribution >= 4 is 23.2 Å². The normalized spacial score (nSPS) is 25.5. The van der Waals surface area contributed by atoms with Crippen molar-refractivity contribution in [1.29, 1.82) is 0 Å². The molecule has 1 aliphatic rings. The van der Waals surface area contributed by atoms with E-state index in [0.29, 0.717) is 18.1 Å². The van der Waals surface area contributed by atoms with E-state index in [0.717, 1.165) is 28.5 Å². The Morgan fingerprint density at radius 2 is 2.12 bits per heavy atom. The maximum Gasteiger partial charge on any atom is 0.0870 e. The van der Waals surface area contributed by atoms with Crippen molar-refractivity contribution in [2.45, 2.75) is 38.9 Å². The summed E-state index contributed by atoms with van der Waals surface area (Å²) >= 11 is 12.1. The molecule has 0 spiro atoms. The highest BCUT2D eigenvalue weighted by Gasteiger charge is 2.41. The SMILES string of the molecule is CCC1OC1C(C)Cc1cc(Cl)ccc1Cl. The van der Waals surface area contributed by atoms with Gasteiger partial charge in [-0.25, -0.2) is 0 Å². The quantitative estimate of drug-likeness (QED) is 0.732. The minimum absolute atomic E-state index is 0.403. The topological polar surface area (TPSA) is 12.5 Å². The molecule has 3 atom stereocenters. The largest absolute Gasteiger partial charge is 0.369 e. The van der Waals surface area contributed by atoms with E-state index < -0.39 is 0 Å². The zero-order valence-electron chi connectivity index (χ0n) is 9.54. The number of hydrogen-bond acceptors (Lipinski definition) is 1. The Morgan fingerprint density at radius 3 is 2.75 bits per heavy atom. The molecule has 0 radical (unpaired) electrons. The molecule has 3 unspecified atom stereocenters. The molecule has 88 valence electrons. The standard InChI is InChI=1S/C13H16Cl2O/c1-3-12-13(16-12)8(2)6-9-7-10(14)4-5-11(9)15/h4-5,7-8,12-13H,3,6H2,1-2H3. The summed E-state index contributed by atoms with van der Waals surface area (Å²) in [6.07, 6.45) is 2.88. The Morgan fingerprint density at radius 1 is 1.38 bits per heavy atom. The maximum absolute atomic E-state index is 6.14. The smallest absolute Gasteiger partial charge is 0.0870 e. The van der Waals surface area contributed by atoms with Crippen molar-refractivity contribution in [2.75, 3.05) is 0 Å². The summed E-state index contributed by atoms with van der Waals surface area (Å²) < 4.78 is 5.59. The average Bonchev–Trinajstić information content (AvgIpc) is 3.02. The van der Waals surface area contributed by atoms with E-state index in [9.17, 15) is 0 Å². The minimum Gasteiger partial charge on any atom is -0.369 e. The lowest BCUT2D eigenvalue weighted by atomic mass is 9.96. The van der Waals surface area contributed by atoms with E-state index in [1.165, 1.54) is 0 Å². The molecular weight excluding hydrogens is 243 g/mol. The van der Waals surface area contributed by atoms with Crippen LogP contribution < -0.4 is 0 Å². The van der Waals surface area contributed by atoms with Crippen LogP contribution in [0.25, 0.3) is 0 Å². The first-order valence-electron chi connectivity index (χ1n) is 5.71. The van der Waals surface area contributed by atoms with Gasteiger partial charge >= 0.3 is 0 Å². The number of ether oxygens (including phenoxy) is 1. The molecule has 0 aromatic heterocycles. The summed E-state index contributed by atoms with van der Waals surface area (Å²) in [6, 6.07) is 5.63. The fourth-order valence-electron chi connectivity index (χ4n) is 2.15. The van der Waals surface area contributed by atoms with Gasteiger partial charge in [-0.1, -0.05) is 37.0 Å². The molecule has 0 saturated carbocycles. The Hall–Kier alpha value is -0.240. The highest BCUT2D eigenvalue weighted by molar-refractivity contribution is 6.33. The van der Waals surface area contributed by atoms with Crippen LogP contribution in [0.15, 0.2) is 18.2 Å². The molecule has 1 nitrogen and oxygen atoms in total. The summed E-state index contributed by atoms with van der Waals surface area (Å²) in [5.74, 6) is 0.501. The van der Waals surface area contributed by atoms with Gasteiger partial charge in [-0.15, -0.1) is 0 Å². The van der Waals surface area contributed by atoms with E-state index in [2.05, 4.69) is 13.8 Å². The van der Waals surface area contributed by atoms with Gasteiger partial charge in [-0.3, -0.25) is 0 Å². The molecule has 0 N–H and O–H groups in total. The van der Waals surface area contributed by atoms with Crippen LogP contribution in [0, 0.1) is 5.92 Å². The highest BCUT2D eigenvalue weighted by Crippen LogP contribution is 2.34. The third-order valence-corrected chi connectivity index (χ3v) is 3.74. The molecule has 0 aliphatic carbocycles. The van der Waals surface area contributed by atoms with Gasteiger partial charge in [-0.2, -0.15) is 0 Å². The van der Waals surface area contributed by atoms with Gasteiger partial charge in [-0.05, 0) is 42.5 Å². The molecule has 1 fully saturated rings. The van der Waals surface area contributed by atoms with Crippen LogP contribution in [0.5, 0.6) is 0 Å². The molecule has 0 amide bonds. The first kappa shape index (κ1) is 12.2. The molecule has 0 bridgehead atoms. The lowest BCUT2D eigenvalue weighted by Crippen LogP contribution is -2.10. The second-order valence-electron chi connectivity index (χ2n) is 4.46. The summed E-state index contributed by atoms with van der Waals surface area (Å²) in [4.78, 5) is 0. The van der Waals surface area contributed by atoms with Crippen molar-refractivity contribution in [3.8, 4) is 0 Å². The van der Waals surface area contributed by atoms with Crippen LogP contribution in [0.1, 0.15) is 25.8 Å². The first-order valence-corrected chi connectivity index (χ1v) is 6.46. The predicted molar refractivity (Wildman–Crippen MR) is 68.3 cm³/mol. The van der Waals surface area contributed by atoms with Gasteiger partial charge in [0.05, 0.1) is 12.2 Å². The monoisotopic (exact) mass is 258 g/mol. The predicted octanol–water partition coefficient (Wildman–Crippen LogP) is 4.35. The van der Waals surface area contributed by atoms with Crippen molar-refractivity contribution in [3.63, 3.8) is 0 Å². The van der Waals surface area contributed by atoms with Crippen LogP contribution in [-0.2, 0) is 11.2 Å². The molecule has 1 aromatic rings. The maximum atomic E-state index is 6.14. The Balaban J connectivity index is 2.01. The van der Waals surface area contributed by atoms with Crippen LogP contribution in [0.2, 0.25) is 10.0 Å². The van der Waals surface area contributed by atoms with Crippen molar-refractivity contribution < 1.29 is 4.74 Å². The van der Waals surface area contributed by atoms with Gasteiger partial charge in [0, 0.05) is 10.0 Å². The van der Waals surface area contributed by atoms with Gasteiger partial charge < -0.3 is 4.74 Å². The number of epoxide rings is 1. The second kappa shape index (κ2) is 4.95. The van der Waals surface area contributed by atoms with Crippen LogP contribution in [0.4, 0.5) is 0 Å². The van der Waals surface area contributed by atoms with Crippen LogP contribution >= 0.6 is 23.2 Å². The van der Waals surface area contributed by atoms with Crippen molar-refractivity contribution in [1.82, 2.24) is 0 Å². The lowest BCUT2D eigenvalue weighted by Gasteiger charge is -2.10. The number of benzene rings is 1. The summed E-state index contributed by atoms with van der Waals surface area (Å²) in [7, 11) is 0. The number of rotatable bonds is 4. The summed E-state index contributed by atoms with van der Waals surface area (Å²) in [5.41, 5.74) is 1.12. The molecule has 1 heterocycles. The molecule has 3 heteroatoms. The fraction of sp³-hybridized carbons (Fsp3) is 0.538. The molecular formula is C13H16Cl2O. The molecule has 16 heavy (non-hydrogen) atoms. The second-order valence-corrected chi connectivity index (χ2v) is 5.31. The molecule has 2 rings (SSSR count). The number of halogens is 2. The first-order chi connectivity index (χ1) is 7.61. The molecule has 1 saturated heterocycles. The molecule has 1 aliphatic heterocycles. The number of hydrogen-bond donors (Lipinski definition) is 0. The summed E-state index contributed by atoms with van der Waals surface area (Å²) in [6.45, 7) is 4.36. The highest BCUT2D eigenvalue weighted by atomic mass is 35.5. The van der Waals surface area contributed by atoms with E-state index in [-0.39, 0.29) is 0 Å². The van der Waals surface area contributed by atoms with Crippen molar-refractivity contribution in [2.24, 2.45) is 5.92 Å². The zero-order chi connectivity index (χ0) is 11.7. The zero-order valence-corrected chi connectivity index (χ0v) is 11.1. The third kappa shape index (κ3) is 2.71. The Kier molecular flexibility index (Phi) is 3.78. The van der Waals surface area contributed by atoms with Gasteiger partial charge in [0.25, 0.3) is 0 Å². The Bertz CT molecular complexity index is 378. The van der Waals surface area contributed by atoms with Gasteiger partial charge in [0.1, 0.15) is 0 Å². The van der Waals surface area contributed by atoms with E-state index >= 15 is 0 Å². The fourth-order valence-corrected chi connectivity index (χ4v) is 2.54. The van der Waals surface area contributed by atoms with Gasteiger partial charge in [0.2, 0.25) is 0 Å². The van der Waals surface area contributed by atoms with E-state index in [4.69, 9.17) is 27.9 Å². The third-order valence-electron chi connectivity index (χ3n) is 3.13. The Labute approximate surface area is 107 Å². The van der Waals surface area contributed by atoms with E-state index in [1.54, 1.807) is 0 Å². The summed E-state index contributed by atoms with van der Waals surface area (Å²) in [5, 5.41) is 1.54. The van der Waals surface area contributed by atoms with Crippen LogP contribution in [0.3, 0.4) is 0 Å². The van der Waals surface area contributed by atoms with Gasteiger partial charge in [0.15, 0.2) is 0 Å². The minimum atomic E-state index is 0.403. The molecule has 1 aromatic carbocycles. The average molecular weight is 259 g/mol.